The summed E-state index contributed by atoms with van der Waals surface area (Å²) in [7, 11) is 0. The van der Waals surface area contributed by atoms with Crippen molar-refractivity contribution < 1.29 is 8.78 Å². The van der Waals surface area contributed by atoms with Gasteiger partial charge in [0.1, 0.15) is 11.6 Å². The molecule has 1 saturated carbocycles. The quantitative estimate of drug-likeness (QED) is 0.653. The van der Waals surface area contributed by atoms with Gasteiger partial charge in [0.25, 0.3) is 0 Å². The molecular weight excluding hydrogens is 248 g/mol. The van der Waals surface area contributed by atoms with Gasteiger partial charge in [-0.2, -0.15) is 0 Å². The summed E-state index contributed by atoms with van der Waals surface area (Å²) in [6, 6.07) is 3.33. The first-order valence-corrected chi connectivity index (χ1v) is 6.38. The molecule has 1 aliphatic rings. The Balaban J connectivity index is 2.06. The van der Waals surface area contributed by atoms with Gasteiger partial charge >= 0.3 is 0 Å². The minimum absolute atomic E-state index is 0.00755. The fourth-order valence-corrected chi connectivity index (χ4v) is 2.10. The van der Waals surface area contributed by atoms with Gasteiger partial charge in [-0.25, -0.2) is 13.8 Å². The summed E-state index contributed by atoms with van der Waals surface area (Å²) in [6.07, 6.45) is 0.971. The third-order valence-electron chi connectivity index (χ3n) is 4.04. The molecule has 1 fully saturated rings. The van der Waals surface area contributed by atoms with Crippen molar-refractivity contribution in [3.63, 3.8) is 0 Å². The molecule has 5 heteroatoms. The lowest BCUT2D eigenvalue weighted by Gasteiger charge is -2.14. The molecule has 0 spiro atoms. The summed E-state index contributed by atoms with van der Waals surface area (Å²) in [5.41, 5.74) is 5.90. The third kappa shape index (κ3) is 2.85. The van der Waals surface area contributed by atoms with Crippen molar-refractivity contribution >= 4 is 11.6 Å². The van der Waals surface area contributed by atoms with E-state index in [-0.39, 0.29) is 23.1 Å². The van der Waals surface area contributed by atoms with Crippen molar-refractivity contribution in [1.82, 2.24) is 0 Å². The van der Waals surface area contributed by atoms with Crippen LogP contribution in [0.1, 0.15) is 27.2 Å². The van der Waals surface area contributed by atoms with Crippen LogP contribution < -0.4 is 11.1 Å². The van der Waals surface area contributed by atoms with Gasteiger partial charge < -0.3 is 11.1 Å². The molecule has 2 atom stereocenters. The zero-order chi connectivity index (χ0) is 14.2. The minimum Gasteiger partial charge on any atom is -0.370 e. The fraction of sp³-hybridized carbons (Fsp3) is 0.500. The average Bonchev–Trinajstić information content (AvgIpc) is 2.96. The van der Waals surface area contributed by atoms with Crippen LogP contribution >= 0.6 is 0 Å². The second-order valence-corrected chi connectivity index (χ2v) is 5.64. The maximum atomic E-state index is 13.4. The average molecular weight is 267 g/mol. The number of rotatable bonds is 3. The van der Waals surface area contributed by atoms with E-state index in [1.165, 1.54) is 0 Å². The smallest absolute Gasteiger partial charge is 0.193 e. The monoisotopic (exact) mass is 267 g/mol. The molecule has 19 heavy (non-hydrogen) atoms. The molecule has 0 heterocycles. The van der Waals surface area contributed by atoms with Crippen LogP contribution in [0.15, 0.2) is 23.2 Å². The first-order valence-electron chi connectivity index (χ1n) is 6.38. The summed E-state index contributed by atoms with van der Waals surface area (Å²) in [6.45, 7) is 6.44. The molecule has 1 aromatic carbocycles. The summed E-state index contributed by atoms with van der Waals surface area (Å²) in [5, 5.41) is 2.61. The lowest BCUT2D eigenvalue weighted by molar-refractivity contribution is 0.383. The van der Waals surface area contributed by atoms with Crippen LogP contribution in [0.25, 0.3) is 0 Å². The molecule has 0 aromatic heterocycles. The standard InChI is InChI=1S/C14H19F2N3/c1-8(2)14(3)7-12(14)19-13(17)18-11-6-9(15)4-5-10(11)16/h4-6,8,12H,7H2,1-3H3,(H3,17,18,19). The Kier molecular flexibility index (Phi) is 3.47. The summed E-state index contributed by atoms with van der Waals surface area (Å²) < 4.78 is 26.4. The van der Waals surface area contributed by atoms with E-state index in [4.69, 9.17) is 5.73 Å². The summed E-state index contributed by atoms with van der Waals surface area (Å²) >= 11 is 0. The van der Waals surface area contributed by atoms with E-state index in [9.17, 15) is 8.78 Å². The molecular formula is C14H19F2N3. The molecule has 0 radical (unpaired) electrons. The Hall–Kier alpha value is -1.65. The first kappa shape index (κ1) is 13.8. The third-order valence-corrected chi connectivity index (χ3v) is 4.04. The van der Waals surface area contributed by atoms with E-state index in [2.05, 4.69) is 31.1 Å². The van der Waals surface area contributed by atoms with Gasteiger partial charge in [-0.15, -0.1) is 0 Å². The van der Waals surface area contributed by atoms with Gasteiger partial charge in [0, 0.05) is 6.07 Å². The predicted octanol–water partition coefficient (Wildman–Crippen LogP) is 3.13. The molecule has 0 aliphatic heterocycles. The number of hydrogen-bond acceptors (Lipinski definition) is 1. The highest BCUT2D eigenvalue weighted by Crippen LogP contribution is 2.53. The highest BCUT2D eigenvalue weighted by atomic mass is 19.1. The van der Waals surface area contributed by atoms with Crippen LogP contribution in [-0.2, 0) is 0 Å². The maximum absolute atomic E-state index is 13.4. The van der Waals surface area contributed by atoms with Gasteiger partial charge in [-0.05, 0) is 29.9 Å². The van der Waals surface area contributed by atoms with Crippen molar-refractivity contribution in [3.8, 4) is 0 Å². The Bertz CT molecular complexity index is 513. The van der Waals surface area contributed by atoms with Crippen LogP contribution in [0.4, 0.5) is 14.5 Å². The van der Waals surface area contributed by atoms with Crippen LogP contribution in [-0.4, -0.2) is 12.0 Å². The first-order chi connectivity index (χ1) is 8.83. The van der Waals surface area contributed by atoms with Gasteiger partial charge in [-0.1, -0.05) is 20.8 Å². The zero-order valence-electron chi connectivity index (χ0n) is 11.4. The second kappa shape index (κ2) is 4.79. The normalized spacial score (nSPS) is 26.6. The van der Waals surface area contributed by atoms with Gasteiger partial charge in [0.2, 0.25) is 0 Å². The number of guanidine groups is 1. The van der Waals surface area contributed by atoms with Crippen molar-refractivity contribution in [3.05, 3.63) is 29.8 Å². The minimum atomic E-state index is -0.554. The van der Waals surface area contributed by atoms with E-state index < -0.39 is 11.6 Å². The molecule has 104 valence electrons. The van der Waals surface area contributed by atoms with Crippen LogP contribution in [0.2, 0.25) is 0 Å². The number of halogens is 2. The number of nitrogens with one attached hydrogen (secondary N) is 1. The fourth-order valence-electron chi connectivity index (χ4n) is 2.10. The van der Waals surface area contributed by atoms with E-state index in [1.807, 2.05) is 0 Å². The lowest BCUT2D eigenvalue weighted by atomic mass is 9.94. The number of nitrogens with zero attached hydrogens (tertiary/aromatic N) is 1. The summed E-state index contributed by atoms with van der Waals surface area (Å²) in [5.74, 6) is -0.434. The van der Waals surface area contributed by atoms with Crippen LogP contribution in [0, 0.1) is 23.0 Å². The molecule has 0 amide bonds. The maximum Gasteiger partial charge on any atom is 0.193 e. The van der Waals surface area contributed by atoms with Crippen molar-refractivity contribution in [1.29, 1.82) is 0 Å². The highest BCUT2D eigenvalue weighted by Gasteiger charge is 2.52. The molecule has 1 aliphatic carbocycles. The second-order valence-electron chi connectivity index (χ2n) is 5.64. The molecule has 2 unspecified atom stereocenters. The van der Waals surface area contributed by atoms with Crippen molar-refractivity contribution in [2.75, 3.05) is 5.32 Å². The molecule has 0 saturated heterocycles. The molecule has 1 aromatic rings. The summed E-state index contributed by atoms with van der Waals surface area (Å²) in [4.78, 5) is 4.32. The van der Waals surface area contributed by atoms with Crippen LogP contribution in [0.3, 0.4) is 0 Å². The largest absolute Gasteiger partial charge is 0.370 e. The number of benzene rings is 1. The Morgan fingerprint density at radius 1 is 1.47 bits per heavy atom. The molecule has 0 bridgehead atoms. The van der Waals surface area contributed by atoms with E-state index in [1.54, 1.807) is 0 Å². The Labute approximate surface area is 111 Å². The molecule has 3 N–H and O–H groups in total. The van der Waals surface area contributed by atoms with E-state index in [0.717, 1.165) is 24.6 Å². The molecule has 3 nitrogen and oxygen atoms in total. The Morgan fingerprint density at radius 3 is 2.74 bits per heavy atom. The van der Waals surface area contributed by atoms with Gasteiger partial charge in [0.15, 0.2) is 5.96 Å². The lowest BCUT2D eigenvalue weighted by Crippen LogP contribution is -2.24. The zero-order valence-corrected chi connectivity index (χ0v) is 11.4. The van der Waals surface area contributed by atoms with Gasteiger partial charge in [0.05, 0.1) is 11.7 Å². The highest BCUT2D eigenvalue weighted by molar-refractivity contribution is 5.92. The van der Waals surface area contributed by atoms with Crippen molar-refractivity contribution in [2.45, 2.75) is 33.2 Å². The van der Waals surface area contributed by atoms with E-state index >= 15 is 0 Å². The van der Waals surface area contributed by atoms with Crippen molar-refractivity contribution in [2.24, 2.45) is 22.1 Å². The topological polar surface area (TPSA) is 50.4 Å². The van der Waals surface area contributed by atoms with Gasteiger partial charge in [-0.3, -0.25) is 0 Å². The number of aliphatic imine (C=N–C) groups is 1. The SMILES string of the molecule is CC(C)C1(C)CC1N=C(N)Nc1cc(F)ccc1F. The van der Waals surface area contributed by atoms with Crippen LogP contribution in [0.5, 0.6) is 0 Å². The number of nitrogens with two attached hydrogens (primary N) is 1. The Morgan fingerprint density at radius 2 is 2.16 bits per heavy atom. The molecule has 2 rings (SSSR count). The number of hydrogen-bond donors (Lipinski definition) is 2. The number of anilines is 1. The predicted molar refractivity (Wildman–Crippen MR) is 73.0 cm³/mol. The van der Waals surface area contributed by atoms with E-state index in [0.29, 0.717) is 5.92 Å².